The largest absolute Gasteiger partial charge is 0.380 e. The minimum Gasteiger partial charge on any atom is -0.380 e. The Labute approximate surface area is 113 Å². The maximum Gasteiger partial charge on any atom is 0.222 e. The van der Waals surface area contributed by atoms with E-state index in [0.29, 0.717) is 24.5 Å². The third kappa shape index (κ3) is 5.38. The van der Waals surface area contributed by atoms with Gasteiger partial charge in [0.05, 0.1) is 0 Å². The van der Waals surface area contributed by atoms with Crippen molar-refractivity contribution in [3.63, 3.8) is 0 Å². The zero-order chi connectivity index (χ0) is 13.4. The van der Waals surface area contributed by atoms with E-state index >= 15 is 0 Å². The van der Waals surface area contributed by atoms with E-state index in [-0.39, 0.29) is 11.9 Å². The Morgan fingerprint density at radius 2 is 2.28 bits per heavy atom. The van der Waals surface area contributed by atoms with Crippen LogP contribution in [0.25, 0.3) is 0 Å². The summed E-state index contributed by atoms with van der Waals surface area (Å²) in [5, 5.41) is 6.70. The van der Waals surface area contributed by atoms with Gasteiger partial charge < -0.3 is 16.4 Å². The summed E-state index contributed by atoms with van der Waals surface area (Å²) in [6.45, 7) is 3.12. The second-order valence-electron chi connectivity index (χ2n) is 4.14. The Hall–Kier alpha value is -1.26. The maximum atomic E-state index is 11.6. The van der Waals surface area contributed by atoms with Gasteiger partial charge in [0.25, 0.3) is 0 Å². The fourth-order valence-electron chi connectivity index (χ4n) is 1.57. The molecule has 0 aliphatic heterocycles. The normalized spacial score (nSPS) is 11.9. The van der Waals surface area contributed by atoms with E-state index < -0.39 is 0 Å². The van der Waals surface area contributed by atoms with Crippen molar-refractivity contribution in [3.05, 3.63) is 29.3 Å². The molecule has 0 aliphatic rings. The monoisotopic (exact) mass is 269 g/mol. The molecule has 0 fully saturated rings. The lowest BCUT2D eigenvalue weighted by Crippen LogP contribution is -2.36. The molecule has 0 saturated carbocycles. The van der Waals surface area contributed by atoms with Crippen molar-refractivity contribution in [1.29, 1.82) is 0 Å². The highest BCUT2D eigenvalue weighted by molar-refractivity contribution is 6.30. The predicted molar refractivity (Wildman–Crippen MR) is 75.8 cm³/mol. The van der Waals surface area contributed by atoms with Crippen molar-refractivity contribution in [2.75, 3.05) is 18.4 Å². The summed E-state index contributed by atoms with van der Waals surface area (Å²) < 4.78 is 0. The number of anilines is 1. The first-order chi connectivity index (χ1) is 8.65. The lowest BCUT2D eigenvalue weighted by atomic mass is 10.2. The molecule has 1 rings (SSSR count). The van der Waals surface area contributed by atoms with E-state index in [4.69, 9.17) is 17.3 Å². The topological polar surface area (TPSA) is 67.2 Å². The minimum atomic E-state index is -0.0830. The summed E-state index contributed by atoms with van der Waals surface area (Å²) in [6, 6.07) is 7.29. The van der Waals surface area contributed by atoms with Crippen LogP contribution in [0, 0.1) is 0 Å². The number of hydrogen-bond donors (Lipinski definition) is 3. The predicted octanol–water partition coefficient (Wildman–Crippen LogP) is 2.00. The number of hydrogen-bond acceptors (Lipinski definition) is 3. The fraction of sp³-hybridized carbons (Fsp3) is 0.462. The van der Waals surface area contributed by atoms with Crippen molar-refractivity contribution < 1.29 is 4.79 Å². The van der Waals surface area contributed by atoms with Gasteiger partial charge >= 0.3 is 0 Å². The highest BCUT2D eigenvalue weighted by atomic mass is 35.5. The van der Waals surface area contributed by atoms with Gasteiger partial charge in [0.15, 0.2) is 0 Å². The summed E-state index contributed by atoms with van der Waals surface area (Å²) in [6.07, 6.45) is 1.30. The van der Waals surface area contributed by atoms with E-state index in [2.05, 4.69) is 10.6 Å². The second-order valence-corrected chi connectivity index (χ2v) is 4.58. The Balaban J connectivity index is 2.49. The number of rotatable bonds is 7. The van der Waals surface area contributed by atoms with Crippen LogP contribution < -0.4 is 16.4 Å². The number of nitrogens with one attached hydrogen (secondary N) is 2. The van der Waals surface area contributed by atoms with Gasteiger partial charge in [-0.25, -0.2) is 0 Å². The molecule has 100 valence electrons. The molecule has 0 aliphatic carbocycles. The van der Waals surface area contributed by atoms with Gasteiger partial charge in [-0.2, -0.15) is 0 Å². The number of amides is 1. The Morgan fingerprint density at radius 1 is 1.50 bits per heavy atom. The molecule has 0 spiro atoms. The average Bonchev–Trinajstić information content (AvgIpc) is 2.35. The molecule has 4 nitrogen and oxygen atoms in total. The van der Waals surface area contributed by atoms with Crippen molar-refractivity contribution >= 4 is 23.2 Å². The first-order valence-electron chi connectivity index (χ1n) is 6.14. The van der Waals surface area contributed by atoms with E-state index in [1.165, 1.54) is 0 Å². The molecule has 0 radical (unpaired) electrons. The average molecular weight is 270 g/mol. The minimum absolute atomic E-state index is 0.0156. The smallest absolute Gasteiger partial charge is 0.222 e. The Kier molecular flexibility index (Phi) is 6.54. The van der Waals surface area contributed by atoms with Crippen molar-refractivity contribution in [1.82, 2.24) is 5.32 Å². The van der Waals surface area contributed by atoms with Gasteiger partial charge in [-0.3, -0.25) is 4.79 Å². The first-order valence-corrected chi connectivity index (χ1v) is 6.52. The van der Waals surface area contributed by atoms with Gasteiger partial charge in [-0.1, -0.05) is 24.6 Å². The number of halogens is 1. The molecule has 1 aromatic carbocycles. The molecular weight excluding hydrogens is 250 g/mol. The third-order valence-electron chi connectivity index (χ3n) is 2.48. The standard InChI is InChI=1S/C13H20ClN3O/c1-2-6-16-13(18)8-12(9-15)17-11-5-3-4-10(14)7-11/h3-5,7,12,17H,2,6,8-9,15H2,1H3,(H,16,18). The highest BCUT2D eigenvalue weighted by Gasteiger charge is 2.11. The fourth-order valence-corrected chi connectivity index (χ4v) is 1.76. The quantitative estimate of drug-likeness (QED) is 0.709. The van der Waals surface area contributed by atoms with Crippen LogP contribution in [0.4, 0.5) is 5.69 Å². The van der Waals surface area contributed by atoms with Crippen LogP contribution in [0.3, 0.4) is 0 Å². The second kappa shape index (κ2) is 7.95. The van der Waals surface area contributed by atoms with Crippen LogP contribution in [0.5, 0.6) is 0 Å². The summed E-state index contributed by atoms with van der Waals surface area (Å²) in [7, 11) is 0. The lowest BCUT2D eigenvalue weighted by Gasteiger charge is -2.17. The number of benzene rings is 1. The number of carbonyl (C=O) groups excluding carboxylic acids is 1. The first kappa shape index (κ1) is 14.8. The molecule has 1 amide bonds. The summed E-state index contributed by atoms with van der Waals surface area (Å²) >= 11 is 5.90. The van der Waals surface area contributed by atoms with E-state index in [1.54, 1.807) is 6.07 Å². The molecule has 5 heteroatoms. The van der Waals surface area contributed by atoms with Crippen molar-refractivity contribution in [2.24, 2.45) is 5.73 Å². The molecule has 1 atom stereocenters. The van der Waals surface area contributed by atoms with Gasteiger partial charge in [0.1, 0.15) is 0 Å². The molecule has 1 unspecified atom stereocenters. The zero-order valence-electron chi connectivity index (χ0n) is 10.6. The lowest BCUT2D eigenvalue weighted by molar-refractivity contribution is -0.121. The van der Waals surface area contributed by atoms with Crippen LogP contribution >= 0.6 is 11.6 Å². The molecule has 0 bridgehead atoms. The maximum absolute atomic E-state index is 11.6. The van der Waals surface area contributed by atoms with E-state index in [1.807, 2.05) is 25.1 Å². The Morgan fingerprint density at radius 3 is 2.89 bits per heavy atom. The van der Waals surface area contributed by atoms with Crippen LogP contribution in [0.15, 0.2) is 24.3 Å². The van der Waals surface area contributed by atoms with Gasteiger partial charge in [-0.05, 0) is 24.6 Å². The van der Waals surface area contributed by atoms with Gasteiger partial charge in [0.2, 0.25) is 5.91 Å². The Bertz CT molecular complexity index is 384. The van der Waals surface area contributed by atoms with E-state index in [9.17, 15) is 4.79 Å². The third-order valence-corrected chi connectivity index (χ3v) is 2.72. The molecule has 0 saturated heterocycles. The number of nitrogens with two attached hydrogens (primary N) is 1. The molecular formula is C13H20ClN3O. The molecule has 0 aromatic heterocycles. The van der Waals surface area contributed by atoms with Crippen LogP contribution in [-0.4, -0.2) is 25.0 Å². The summed E-state index contributed by atoms with van der Waals surface area (Å²) in [5.41, 5.74) is 6.54. The van der Waals surface area contributed by atoms with Gasteiger partial charge in [-0.15, -0.1) is 0 Å². The molecule has 0 heterocycles. The van der Waals surface area contributed by atoms with Crippen LogP contribution in [0.2, 0.25) is 5.02 Å². The van der Waals surface area contributed by atoms with E-state index in [0.717, 1.165) is 12.1 Å². The highest BCUT2D eigenvalue weighted by Crippen LogP contribution is 2.16. The SMILES string of the molecule is CCCNC(=O)CC(CN)Nc1cccc(Cl)c1. The van der Waals surface area contributed by atoms with Crippen molar-refractivity contribution in [3.8, 4) is 0 Å². The summed E-state index contributed by atoms with van der Waals surface area (Å²) in [5.74, 6) is 0.0156. The number of carbonyl (C=O) groups is 1. The van der Waals surface area contributed by atoms with Gasteiger partial charge in [0, 0.05) is 36.3 Å². The van der Waals surface area contributed by atoms with Crippen molar-refractivity contribution in [2.45, 2.75) is 25.8 Å². The summed E-state index contributed by atoms with van der Waals surface area (Å²) in [4.78, 5) is 11.6. The molecule has 4 N–H and O–H groups in total. The zero-order valence-corrected chi connectivity index (χ0v) is 11.3. The molecule has 1 aromatic rings. The molecule has 18 heavy (non-hydrogen) atoms. The van der Waals surface area contributed by atoms with Crippen LogP contribution in [-0.2, 0) is 4.79 Å². The van der Waals surface area contributed by atoms with Crippen LogP contribution in [0.1, 0.15) is 19.8 Å².